The molecule has 0 spiro atoms. The molecule has 102 valence electrons. The Bertz CT molecular complexity index is 320. The molecule has 18 heavy (non-hydrogen) atoms. The highest BCUT2D eigenvalue weighted by Crippen LogP contribution is 2.23. The fourth-order valence-electron chi connectivity index (χ4n) is 1.41. The van der Waals surface area contributed by atoms with E-state index in [1.54, 1.807) is 0 Å². The van der Waals surface area contributed by atoms with Crippen LogP contribution in [0.4, 0.5) is 0 Å². The second-order valence-electron chi connectivity index (χ2n) is 3.99. The maximum absolute atomic E-state index is 5.63. The third-order valence-electron chi connectivity index (χ3n) is 2.44. The standard InChI is InChI=1S/C14H22BrNO2/c1-2-3-10-17-11-8-16-9-12-18-14-7-5-4-6-13(14)15/h4-7,16H,2-3,8-12H2,1H3. The molecular formula is C14H22BrNO2. The lowest BCUT2D eigenvalue weighted by molar-refractivity contribution is 0.132. The number of nitrogens with one attached hydrogen (secondary N) is 1. The summed E-state index contributed by atoms with van der Waals surface area (Å²) in [6.45, 7) is 6.18. The van der Waals surface area contributed by atoms with E-state index in [4.69, 9.17) is 9.47 Å². The first-order valence-electron chi connectivity index (χ1n) is 6.50. The Kier molecular flexibility index (Phi) is 8.90. The average Bonchev–Trinajstić information content (AvgIpc) is 2.39. The van der Waals surface area contributed by atoms with Gasteiger partial charge in [0.15, 0.2) is 0 Å². The zero-order valence-corrected chi connectivity index (χ0v) is 12.5. The van der Waals surface area contributed by atoms with Gasteiger partial charge in [-0.2, -0.15) is 0 Å². The van der Waals surface area contributed by atoms with Gasteiger partial charge in [-0.1, -0.05) is 25.5 Å². The van der Waals surface area contributed by atoms with Crippen LogP contribution in [0.1, 0.15) is 19.8 Å². The molecule has 1 aromatic rings. The quantitative estimate of drug-likeness (QED) is 0.672. The van der Waals surface area contributed by atoms with Crippen LogP contribution in [0.3, 0.4) is 0 Å². The first-order valence-corrected chi connectivity index (χ1v) is 7.29. The molecule has 4 heteroatoms. The highest BCUT2D eigenvalue weighted by molar-refractivity contribution is 9.10. The molecule has 1 aromatic carbocycles. The van der Waals surface area contributed by atoms with Gasteiger partial charge in [0.2, 0.25) is 0 Å². The molecular weight excluding hydrogens is 294 g/mol. The van der Waals surface area contributed by atoms with Crippen molar-refractivity contribution in [2.45, 2.75) is 19.8 Å². The van der Waals surface area contributed by atoms with Crippen molar-refractivity contribution in [3.05, 3.63) is 28.7 Å². The zero-order chi connectivity index (χ0) is 13.1. The third-order valence-corrected chi connectivity index (χ3v) is 3.09. The lowest BCUT2D eigenvalue weighted by Crippen LogP contribution is -2.25. The Morgan fingerprint density at radius 1 is 1.11 bits per heavy atom. The minimum absolute atomic E-state index is 0.664. The highest BCUT2D eigenvalue weighted by atomic mass is 79.9. The molecule has 0 heterocycles. The van der Waals surface area contributed by atoms with Crippen LogP contribution in [0.5, 0.6) is 5.75 Å². The summed E-state index contributed by atoms with van der Waals surface area (Å²) in [5.74, 6) is 0.887. The summed E-state index contributed by atoms with van der Waals surface area (Å²) in [5, 5.41) is 3.29. The van der Waals surface area contributed by atoms with Gasteiger partial charge in [-0.25, -0.2) is 0 Å². The molecule has 1 rings (SSSR count). The Balaban J connectivity index is 1.94. The molecule has 0 aliphatic rings. The van der Waals surface area contributed by atoms with Crippen LogP contribution < -0.4 is 10.1 Å². The van der Waals surface area contributed by atoms with Crippen molar-refractivity contribution >= 4 is 15.9 Å². The van der Waals surface area contributed by atoms with Crippen LogP contribution >= 0.6 is 15.9 Å². The summed E-state index contributed by atoms with van der Waals surface area (Å²) in [5.41, 5.74) is 0. The van der Waals surface area contributed by atoms with Gasteiger partial charge in [-0.05, 0) is 34.5 Å². The maximum Gasteiger partial charge on any atom is 0.133 e. The Hall–Kier alpha value is -0.580. The smallest absolute Gasteiger partial charge is 0.133 e. The molecule has 0 aliphatic heterocycles. The van der Waals surface area contributed by atoms with E-state index in [-0.39, 0.29) is 0 Å². The normalized spacial score (nSPS) is 10.6. The van der Waals surface area contributed by atoms with Gasteiger partial charge in [0.1, 0.15) is 12.4 Å². The van der Waals surface area contributed by atoms with Crippen LogP contribution in [0.2, 0.25) is 0 Å². The number of benzene rings is 1. The van der Waals surface area contributed by atoms with Gasteiger partial charge in [0.05, 0.1) is 11.1 Å². The number of hydrogen-bond acceptors (Lipinski definition) is 3. The van der Waals surface area contributed by atoms with E-state index >= 15 is 0 Å². The van der Waals surface area contributed by atoms with Gasteiger partial charge in [0, 0.05) is 19.7 Å². The Labute approximate surface area is 118 Å². The van der Waals surface area contributed by atoms with E-state index in [1.165, 1.54) is 6.42 Å². The van der Waals surface area contributed by atoms with Gasteiger partial charge in [-0.15, -0.1) is 0 Å². The van der Waals surface area contributed by atoms with Crippen LogP contribution in [0.25, 0.3) is 0 Å². The molecule has 0 amide bonds. The predicted molar refractivity (Wildman–Crippen MR) is 78.2 cm³/mol. The zero-order valence-electron chi connectivity index (χ0n) is 11.0. The van der Waals surface area contributed by atoms with Gasteiger partial charge < -0.3 is 14.8 Å². The van der Waals surface area contributed by atoms with Crippen molar-refractivity contribution in [2.24, 2.45) is 0 Å². The van der Waals surface area contributed by atoms with Crippen molar-refractivity contribution in [3.63, 3.8) is 0 Å². The van der Waals surface area contributed by atoms with Crippen molar-refractivity contribution < 1.29 is 9.47 Å². The number of halogens is 1. The maximum atomic E-state index is 5.63. The van der Waals surface area contributed by atoms with Crippen LogP contribution in [0, 0.1) is 0 Å². The molecule has 0 fully saturated rings. The summed E-state index contributed by atoms with van der Waals surface area (Å²) in [7, 11) is 0. The van der Waals surface area contributed by atoms with Crippen LogP contribution in [-0.4, -0.2) is 32.9 Å². The molecule has 0 aromatic heterocycles. The molecule has 0 unspecified atom stereocenters. The molecule has 0 radical (unpaired) electrons. The molecule has 0 saturated carbocycles. The number of unbranched alkanes of at least 4 members (excludes halogenated alkanes) is 1. The number of rotatable bonds is 10. The SMILES string of the molecule is CCCCOCCNCCOc1ccccc1Br. The first kappa shape index (κ1) is 15.5. The van der Waals surface area contributed by atoms with E-state index in [0.29, 0.717) is 6.61 Å². The van der Waals surface area contributed by atoms with Crippen molar-refractivity contribution in [1.82, 2.24) is 5.32 Å². The summed E-state index contributed by atoms with van der Waals surface area (Å²) in [6, 6.07) is 7.88. The second kappa shape index (κ2) is 10.4. The number of hydrogen-bond donors (Lipinski definition) is 1. The van der Waals surface area contributed by atoms with Crippen molar-refractivity contribution in [3.8, 4) is 5.75 Å². The fourth-order valence-corrected chi connectivity index (χ4v) is 1.81. The molecule has 0 aliphatic carbocycles. The molecule has 3 nitrogen and oxygen atoms in total. The van der Waals surface area contributed by atoms with Gasteiger partial charge >= 0.3 is 0 Å². The van der Waals surface area contributed by atoms with E-state index < -0.39 is 0 Å². The lowest BCUT2D eigenvalue weighted by atomic mass is 10.3. The highest BCUT2D eigenvalue weighted by Gasteiger charge is 1.98. The lowest BCUT2D eigenvalue weighted by Gasteiger charge is -2.09. The summed E-state index contributed by atoms with van der Waals surface area (Å²) < 4.78 is 12.1. The Morgan fingerprint density at radius 2 is 1.89 bits per heavy atom. The van der Waals surface area contributed by atoms with Crippen molar-refractivity contribution in [2.75, 3.05) is 32.9 Å². The monoisotopic (exact) mass is 315 g/mol. The molecule has 0 atom stereocenters. The molecule has 1 N–H and O–H groups in total. The van der Waals surface area contributed by atoms with Crippen LogP contribution in [0.15, 0.2) is 28.7 Å². The fraction of sp³-hybridized carbons (Fsp3) is 0.571. The molecule has 0 saturated heterocycles. The first-order chi connectivity index (χ1) is 8.84. The second-order valence-corrected chi connectivity index (χ2v) is 4.85. The van der Waals surface area contributed by atoms with E-state index in [0.717, 1.165) is 42.9 Å². The largest absolute Gasteiger partial charge is 0.491 e. The Morgan fingerprint density at radius 3 is 2.67 bits per heavy atom. The average molecular weight is 316 g/mol. The number of para-hydroxylation sites is 1. The van der Waals surface area contributed by atoms with E-state index in [2.05, 4.69) is 28.2 Å². The number of ether oxygens (including phenoxy) is 2. The summed E-state index contributed by atoms with van der Waals surface area (Å²) in [4.78, 5) is 0. The predicted octanol–water partition coefficient (Wildman–Crippen LogP) is 3.23. The molecule has 0 bridgehead atoms. The van der Waals surface area contributed by atoms with Crippen molar-refractivity contribution in [1.29, 1.82) is 0 Å². The minimum atomic E-state index is 0.664. The van der Waals surface area contributed by atoms with Gasteiger partial charge in [0.25, 0.3) is 0 Å². The van der Waals surface area contributed by atoms with Crippen LogP contribution in [-0.2, 0) is 4.74 Å². The van der Waals surface area contributed by atoms with Gasteiger partial charge in [-0.3, -0.25) is 0 Å². The minimum Gasteiger partial charge on any atom is -0.491 e. The topological polar surface area (TPSA) is 30.5 Å². The van der Waals surface area contributed by atoms with E-state index in [9.17, 15) is 0 Å². The third kappa shape index (κ3) is 6.99. The summed E-state index contributed by atoms with van der Waals surface area (Å²) >= 11 is 3.45. The summed E-state index contributed by atoms with van der Waals surface area (Å²) in [6.07, 6.45) is 2.33. The van der Waals surface area contributed by atoms with E-state index in [1.807, 2.05) is 24.3 Å².